The highest BCUT2D eigenvalue weighted by Gasteiger charge is 2.14. The van der Waals surface area contributed by atoms with Crippen LogP contribution in [0.2, 0.25) is 0 Å². The van der Waals surface area contributed by atoms with E-state index >= 15 is 0 Å². The molecule has 1 unspecified atom stereocenters. The summed E-state index contributed by atoms with van der Waals surface area (Å²) in [5.41, 5.74) is 0.165. The van der Waals surface area contributed by atoms with Gasteiger partial charge in [0.25, 0.3) is 0 Å². The number of hydrogen-bond acceptors (Lipinski definition) is 3. The second-order valence-electron chi connectivity index (χ2n) is 4.01. The van der Waals surface area contributed by atoms with E-state index in [1.54, 1.807) is 12.1 Å². The standard InChI is InChI=1S/C12H16FN3O2/c13-10-3-1-2-4-11(10)16-12(17)15-8-9-7-14-5-6-18-9/h1-4,9,14H,5-8H2,(H2,15,16,17). The molecule has 2 rings (SSSR count). The van der Waals surface area contributed by atoms with Gasteiger partial charge in [0.1, 0.15) is 5.82 Å². The van der Waals surface area contributed by atoms with E-state index < -0.39 is 11.8 Å². The van der Waals surface area contributed by atoms with E-state index in [0.29, 0.717) is 19.7 Å². The number of morpholine rings is 1. The number of hydrogen-bond donors (Lipinski definition) is 3. The molecule has 6 heteroatoms. The minimum absolute atomic E-state index is 0.0369. The number of nitrogens with one attached hydrogen (secondary N) is 3. The van der Waals surface area contributed by atoms with Gasteiger partial charge in [-0.3, -0.25) is 0 Å². The molecular formula is C12H16FN3O2. The number of rotatable bonds is 3. The molecule has 1 aromatic carbocycles. The fraction of sp³-hybridized carbons (Fsp3) is 0.417. The smallest absolute Gasteiger partial charge is 0.319 e. The Labute approximate surface area is 105 Å². The molecule has 18 heavy (non-hydrogen) atoms. The van der Waals surface area contributed by atoms with E-state index in [4.69, 9.17) is 4.74 Å². The lowest BCUT2D eigenvalue weighted by molar-refractivity contribution is 0.0310. The Balaban J connectivity index is 1.76. The van der Waals surface area contributed by atoms with Crippen LogP contribution in [0.5, 0.6) is 0 Å². The van der Waals surface area contributed by atoms with Gasteiger partial charge in [-0.05, 0) is 12.1 Å². The van der Waals surface area contributed by atoms with Crippen molar-refractivity contribution in [1.82, 2.24) is 10.6 Å². The molecule has 98 valence electrons. The topological polar surface area (TPSA) is 62.4 Å². The second-order valence-corrected chi connectivity index (χ2v) is 4.01. The molecule has 0 bridgehead atoms. The van der Waals surface area contributed by atoms with Gasteiger partial charge in [0.15, 0.2) is 0 Å². The van der Waals surface area contributed by atoms with E-state index in [2.05, 4.69) is 16.0 Å². The largest absolute Gasteiger partial charge is 0.374 e. The zero-order valence-electron chi connectivity index (χ0n) is 9.91. The van der Waals surface area contributed by atoms with Crippen molar-refractivity contribution >= 4 is 11.7 Å². The van der Waals surface area contributed by atoms with Crippen molar-refractivity contribution in [1.29, 1.82) is 0 Å². The van der Waals surface area contributed by atoms with Gasteiger partial charge in [-0.25, -0.2) is 9.18 Å². The van der Waals surface area contributed by atoms with Crippen molar-refractivity contribution in [3.63, 3.8) is 0 Å². The molecule has 5 nitrogen and oxygen atoms in total. The summed E-state index contributed by atoms with van der Waals surface area (Å²) in [7, 11) is 0. The Morgan fingerprint density at radius 3 is 3.06 bits per heavy atom. The third-order valence-corrected chi connectivity index (χ3v) is 2.62. The molecule has 0 saturated carbocycles. The molecule has 0 radical (unpaired) electrons. The zero-order chi connectivity index (χ0) is 12.8. The first kappa shape index (κ1) is 12.8. The molecule has 1 aliphatic heterocycles. The first-order valence-corrected chi connectivity index (χ1v) is 5.87. The number of halogens is 1. The van der Waals surface area contributed by atoms with E-state index in [1.165, 1.54) is 12.1 Å². The highest BCUT2D eigenvalue weighted by molar-refractivity contribution is 5.89. The molecule has 1 aliphatic rings. The van der Waals surface area contributed by atoms with Gasteiger partial charge in [-0.1, -0.05) is 12.1 Å². The lowest BCUT2D eigenvalue weighted by Gasteiger charge is -2.23. The summed E-state index contributed by atoms with van der Waals surface area (Å²) in [6.07, 6.45) is -0.0369. The third kappa shape index (κ3) is 3.68. The Morgan fingerprint density at radius 2 is 2.33 bits per heavy atom. The summed E-state index contributed by atoms with van der Waals surface area (Å²) in [4.78, 5) is 11.5. The Bertz CT molecular complexity index is 408. The monoisotopic (exact) mass is 253 g/mol. The summed E-state index contributed by atoms with van der Waals surface area (Å²) >= 11 is 0. The van der Waals surface area contributed by atoms with Crippen LogP contribution in [0.15, 0.2) is 24.3 Å². The van der Waals surface area contributed by atoms with Crippen LogP contribution in [0.1, 0.15) is 0 Å². The number of amides is 2. The maximum Gasteiger partial charge on any atom is 0.319 e. The van der Waals surface area contributed by atoms with Crippen molar-refractivity contribution in [2.24, 2.45) is 0 Å². The summed E-state index contributed by atoms with van der Waals surface area (Å²) < 4.78 is 18.7. The molecule has 2 amide bonds. The maximum absolute atomic E-state index is 13.3. The molecule has 1 aromatic rings. The molecule has 0 spiro atoms. The Kier molecular flexibility index (Phi) is 4.49. The average molecular weight is 253 g/mol. The molecule has 1 heterocycles. The predicted molar refractivity (Wildman–Crippen MR) is 66.0 cm³/mol. The van der Waals surface area contributed by atoms with Crippen molar-refractivity contribution in [2.75, 3.05) is 31.6 Å². The number of carbonyl (C=O) groups excluding carboxylic acids is 1. The molecular weight excluding hydrogens is 237 g/mol. The lowest BCUT2D eigenvalue weighted by Crippen LogP contribution is -2.46. The molecule has 1 atom stereocenters. The summed E-state index contributed by atoms with van der Waals surface area (Å²) in [6, 6.07) is 5.60. The van der Waals surface area contributed by atoms with Gasteiger partial charge in [-0.2, -0.15) is 0 Å². The number of ether oxygens (including phenoxy) is 1. The number of urea groups is 1. The fourth-order valence-corrected chi connectivity index (χ4v) is 1.69. The van der Waals surface area contributed by atoms with Crippen LogP contribution in [0, 0.1) is 5.82 Å². The van der Waals surface area contributed by atoms with Crippen molar-refractivity contribution in [2.45, 2.75) is 6.10 Å². The highest BCUT2D eigenvalue weighted by Crippen LogP contribution is 2.11. The van der Waals surface area contributed by atoms with Gasteiger partial charge in [0, 0.05) is 19.6 Å². The normalized spacial score (nSPS) is 19.3. The Morgan fingerprint density at radius 1 is 1.50 bits per heavy atom. The molecule has 1 fully saturated rings. The van der Waals surface area contributed by atoms with Gasteiger partial charge >= 0.3 is 6.03 Å². The van der Waals surface area contributed by atoms with E-state index in [0.717, 1.165) is 6.54 Å². The van der Waals surface area contributed by atoms with E-state index in [9.17, 15) is 9.18 Å². The van der Waals surface area contributed by atoms with Gasteiger partial charge in [0.05, 0.1) is 18.4 Å². The number of para-hydroxylation sites is 1. The minimum Gasteiger partial charge on any atom is -0.374 e. The first-order valence-electron chi connectivity index (χ1n) is 5.87. The summed E-state index contributed by atoms with van der Waals surface area (Å²) in [6.45, 7) is 2.58. The number of benzene rings is 1. The average Bonchev–Trinajstić information content (AvgIpc) is 2.40. The summed E-state index contributed by atoms with van der Waals surface area (Å²) in [5, 5.41) is 8.26. The third-order valence-electron chi connectivity index (χ3n) is 2.62. The minimum atomic E-state index is -0.455. The van der Waals surface area contributed by atoms with Crippen LogP contribution in [0.4, 0.5) is 14.9 Å². The molecule has 1 saturated heterocycles. The van der Waals surface area contributed by atoms with Crippen LogP contribution in [-0.2, 0) is 4.74 Å². The molecule has 0 aromatic heterocycles. The van der Waals surface area contributed by atoms with Crippen LogP contribution < -0.4 is 16.0 Å². The molecule has 3 N–H and O–H groups in total. The van der Waals surface area contributed by atoms with E-state index in [1.807, 2.05) is 0 Å². The molecule has 0 aliphatic carbocycles. The van der Waals surface area contributed by atoms with Crippen molar-refractivity contribution in [3.05, 3.63) is 30.1 Å². The number of anilines is 1. The second kappa shape index (κ2) is 6.32. The van der Waals surface area contributed by atoms with Crippen LogP contribution in [-0.4, -0.2) is 38.4 Å². The first-order chi connectivity index (χ1) is 8.75. The highest BCUT2D eigenvalue weighted by atomic mass is 19.1. The van der Waals surface area contributed by atoms with E-state index in [-0.39, 0.29) is 11.8 Å². The zero-order valence-corrected chi connectivity index (χ0v) is 9.91. The predicted octanol–water partition coefficient (Wildman–Crippen LogP) is 0.936. The van der Waals surface area contributed by atoms with Crippen LogP contribution in [0.3, 0.4) is 0 Å². The quantitative estimate of drug-likeness (QED) is 0.751. The van der Waals surface area contributed by atoms with Gasteiger partial charge < -0.3 is 20.7 Å². The SMILES string of the molecule is O=C(NCC1CNCCO1)Nc1ccccc1F. The Hall–Kier alpha value is -1.66. The lowest BCUT2D eigenvalue weighted by atomic mass is 10.3. The number of carbonyl (C=O) groups is 1. The van der Waals surface area contributed by atoms with Crippen LogP contribution in [0.25, 0.3) is 0 Å². The van der Waals surface area contributed by atoms with Gasteiger partial charge in [0.2, 0.25) is 0 Å². The maximum atomic E-state index is 13.3. The van der Waals surface area contributed by atoms with Crippen LogP contribution >= 0.6 is 0 Å². The fourth-order valence-electron chi connectivity index (χ4n) is 1.69. The van der Waals surface area contributed by atoms with Gasteiger partial charge in [-0.15, -0.1) is 0 Å². The van der Waals surface area contributed by atoms with Crippen molar-refractivity contribution < 1.29 is 13.9 Å². The summed E-state index contributed by atoms with van der Waals surface area (Å²) in [5.74, 6) is -0.455. The van der Waals surface area contributed by atoms with Crippen molar-refractivity contribution in [3.8, 4) is 0 Å².